The molecule has 0 aliphatic rings. The number of nitrogens with two attached hydrogens (primary N) is 1. The molecule has 1 heterocycles. The van der Waals surface area contributed by atoms with Crippen LogP contribution in [0.25, 0.3) is 0 Å². The van der Waals surface area contributed by atoms with E-state index >= 15 is 0 Å². The van der Waals surface area contributed by atoms with Crippen LogP contribution < -0.4 is 10.5 Å². The topological polar surface area (TPSA) is 72.2 Å². The molecular formula is C13H15ClN2O2S2. The fourth-order valence-electron chi connectivity index (χ4n) is 1.85. The van der Waals surface area contributed by atoms with Gasteiger partial charge in [-0.15, -0.1) is 11.3 Å². The third kappa shape index (κ3) is 3.73. The first-order valence-corrected chi connectivity index (χ1v) is 8.66. The summed E-state index contributed by atoms with van der Waals surface area (Å²) in [6.45, 7) is 2.06. The molecule has 0 aliphatic heterocycles. The molecule has 0 fully saturated rings. The summed E-state index contributed by atoms with van der Waals surface area (Å²) in [6.07, 6.45) is 0.616. The van der Waals surface area contributed by atoms with Gasteiger partial charge in [0.05, 0.1) is 9.23 Å². The average molecular weight is 331 g/mol. The minimum Gasteiger partial charge on any atom is -0.399 e. The molecule has 0 radical (unpaired) electrons. The lowest BCUT2D eigenvalue weighted by molar-refractivity contribution is 0.581. The third-order valence-corrected chi connectivity index (χ3v) is 5.69. The zero-order valence-corrected chi connectivity index (χ0v) is 13.3. The van der Waals surface area contributed by atoms with E-state index in [-0.39, 0.29) is 4.90 Å². The Bertz CT molecular complexity index is 711. The lowest BCUT2D eigenvalue weighted by Crippen LogP contribution is -2.26. The zero-order valence-electron chi connectivity index (χ0n) is 10.9. The standard InChI is InChI=1S/C13H15ClN2O2S2/c1-9-8-10(15)2-4-12(9)20(17,18)16-7-6-11-3-5-13(14)19-11/h2-5,8,16H,6-7,15H2,1H3. The Morgan fingerprint density at radius 3 is 2.65 bits per heavy atom. The van der Waals surface area contributed by atoms with Crippen LogP contribution in [0.15, 0.2) is 35.2 Å². The summed E-state index contributed by atoms with van der Waals surface area (Å²) in [7, 11) is -3.50. The van der Waals surface area contributed by atoms with Crippen LogP contribution in [0.4, 0.5) is 5.69 Å². The number of thiophene rings is 1. The Morgan fingerprint density at radius 1 is 1.30 bits per heavy atom. The fourth-order valence-corrected chi connectivity index (χ4v) is 4.19. The Labute approximate surface area is 127 Å². The second-order valence-electron chi connectivity index (χ2n) is 4.38. The van der Waals surface area contributed by atoms with Crippen molar-refractivity contribution in [1.82, 2.24) is 4.72 Å². The van der Waals surface area contributed by atoms with Crippen molar-refractivity contribution in [3.8, 4) is 0 Å². The van der Waals surface area contributed by atoms with Crippen LogP contribution in [0.3, 0.4) is 0 Å². The minimum atomic E-state index is -3.50. The van der Waals surface area contributed by atoms with Gasteiger partial charge in [0, 0.05) is 17.1 Å². The van der Waals surface area contributed by atoms with Crippen molar-refractivity contribution in [1.29, 1.82) is 0 Å². The Morgan fingerprint density at radius 2 is 2.05 bits per heavy atom. The zero-order chi connectivity index (χ0) is 14.8. The number of hydrogen-bond donors (Lipinski definition) is 2. The Kier molecular flexibility index (Phi) is 4.70. The largest absolute Gasteiger partial charge is 0.399 e. The molecule has 0 aliphatic carbocycles. The van der Waals surface area contributed by atoms with Crippen LogP contribution >= 0.6 is 22.9 Å². The van der Waals surface area contributed by atoms with Crippen molar-refractivity contribution in [3.63, 3.8) is 0 Å². The minimum absolute atomic E-state index is 0.260. The maximum atomic E-state index is 12.2. The summed E-state index contributed by atoms with van der Waals surface area (Å²) < 4.78 is 27.7. The van der Waals surface area contributed by atoms with Crippen LogP contribution in [0.5, 0.6) is 0 Å². The SMILES string of the molecule is Cc1cc(N)ccc1S(=O)(=O)NCCc1ccc(Cl)s1. The van der Waals surface area contributed by atoms with E-state index in [2.05, 4.69) is 4.72 Å². The van der Waals surface area contributed by atoms with Gasteiger partial charge in [0.15, 0.2) is 0 Å². The van der Waals surface area contributed by atoms with Crippen molar-refractivity contribution in [3.05, 3.63) is 45.1 Å². The molecule has 108 valence electrons. The molecule has 4 nitrogen and oxygen atoms in total. The Hall–Kier alpha value is -1.08. The molecule has 7 heteroatoms. The van der Waals surface area contributed by atoms with Crippen LogP contribution in [0.1, 0.15) is 10.4 Å². The van der Waals surface area contributed by atoms with Gasteiger partial charge in [-0.2, -0.15) is 0 Å². The molecule has 0 saturated carbocycles. The molecule has 0 atom stereocenters. The van der Waals surface area contributed by atoms with E-state index in [4.69, 9.17) is 17.3 Å². The van der Waals surface area contributed by atoms with Gasteiger partial charge in [-0.3, -0.25) is 0 Å². The number of halogens is 1. The van der Waals surface area contributed by atoms with E-state index in [1.54, 1.807) is 25.1 Å². The van der Waals surface area contributed by atoms with Crippen molar-refractivity contribution >= 4 is 38.6 Å². The predicted molar refractivity (Wildman–Crippen MR) is 83.8 cm³/mol. The van der Waals surface area contributed by atoms with E-state index in [1.807, 2.05) is 6.07 Å². The highest BCUT2D eigenvalue weighted by molar-refractivity contribution is 7.89. The van der Waals surface area contributed by atoms with Gasteiger partial charge in [-0.25, -0.2) is 13.1 Å². The molecule has 0 unspecified atom stereocenters. The number of sulfonamides is 1. The number of rotatable bonds is 5. The van der Waals surface area contributed by atoms with Gasteiger partial charge < -0.3 is 5.73 Å². The quantitative estimate of drug-likeness (QED) is 0.828. The highest BCUT2D eigenvalue weighted by Gasteiger charge is 2.16. The van der Waals surface area contributed by atoms with Gasteiger partial charge in [-0.05, 0) is 49.2 Å². The molecular weight excluding hydrogens is 316 g/mol. The van der Waals surface area contributed by atoms with Crippen LogP contribution in [-0.2, 0) is 16.4 Å². The maximum absolute atomic E-state index is 12.2. The van der Waals surface area contributed by atoms with E-state index in [9.17, 15) is 8.42 Å². The maximum Gasteiger partial charge on any atom is 0.240 e. The predicted octanol–water partition coefficient (Wildman–Crippen LogP) is 2.81. The Balaban J connectivity index is 2.04. The molecule has 0 spiro atoms. The lowest BCUT2D eigenvalue weighted by atomic mass is 10.2. The first-order chi connectivity index (χ1) is 9.38. The molecule has 1 aromatic carbocycles. The number of nitrogen functional groups attached to an aromatic ring is 1. The second-order valence-corrected chi connectivity index (χ2v) is 7.91. The van der Waals surface area contributed by atoms with Crippen molar-refractivity contribution < 1.29 is 8.42 Å². The summed E-state index contributed by atoms with van der Waals surface area (Å²) >= 11 is 7.28. The monoisotopic (exact) mass is 330 g/mol. The van der Waals surface area contributed by atoms with Gasteiger partial charge in [0.2, 0.25) is 10.0 Å². The van der Waals surface area contributed by atoms with Crippen molar-refractivity contribution in [2.75, 3.05) is 12.3 Å². The van der Waals surface area contributed by atoms with Gasteiger partial charge >= 0.3 is 0 Å². The smallest absolute Gasteiger partial charge is 0.240 e. The summed E-state index contributed by atoms with van der Waals surface area (Å²) in [4.78, 5) is 1.31. The molecule has 2 aromatic rings. The summed E-state index contributed by atoms with van der Waals surface area (Å²) in [5.74, 6) is 0. The van der Waals surface area contributed by atoms with Crippen LogP contribution in [0, 0.1) is 6.92 Å². The lowest BCUT2D eigenvalue weighted by Gasteiger charge is -2.09. The van der Waals surface area contributed by atoms with Gasteiger partial charge in [0.1, 0.15) is 0 Å². The summed E-state index contributed by atoms with van der Waals surface area (Å²) in [5, 5.41) is 0. The molecule has 1 aromatic heterocycles. The highest BCUT2D eigenvalue weighted by Crippen LogP contribution is 2.22. The van der Waals surface area contributed by atoms with E-state index < -0.39 is 10.0 Å². The van der Waals surface area contributed by atoms with Crippen LogP contribution in [0.2, 0.25) is 4.34 Å². The summed E-state index contributed by atoms with van der Waals surface area (Å²) in [6, 6.07) is 8.46. The number of aryl methyl sites for hydroxylation is 1. The van der Waals surface area contributed by atoms with Gasteiger partial charge in [0.25, 0.3) is 0 Å². The number of nitrogens with one attached hydrogen (secondary N) is 1. The number of anilines is 1. The molecule has 0 amide bonds. The molecule has 0 saturated heterocycles. The first kappa shape index (κ1) is 15.3. The van der Waals surface area contributed by atoms with Crippen LogP contribution in [-0.4, -0.2) is 15.0 Å². The molecule has 3 N–H and O–H groups in total. The normalized spacial score (nSPS) is 11.7. The number of benzene rings is 1. The van der Waals surface area contributed by atoms with E-state index in [0.29, 0.717) is 28.6 Å². The van der Waals surface area contributed by atoms with Crippen molar-refractivity contribution in [2.45, 2.75) is 18.2 Å². The first-order valence-electron chi connectivity index (χ1n) is 5.98. The number of hydrogen-bond acceptors (Lipinski definition) is 4. The molecule has 0 bridgehead atoms. The molecule has 20 heavy (non-hydrogen) atoms. The fraction of sp³-hybridized carbons (Fsp3) is 0.231. The van der Waals surface area contributed by atoms with E-state index in [1.165, 1.54) is 17.4 Å². The second kappa shape index (κ2) is 6.13. The van der Waals surface area contributed by atoms with E-state index in [0.717, 1.165) is 4.88 Å². The highest BCUT2D eigenvalue weighted by atomic mass is 35.5. The average Bonchev–Trinajstić information content (AvgIpc) is 2.74. The molecule has 2 rings (SSSR count). The third-order valence-electron chi connectivity index (χ3n) is 2.78. The van der Waals surface area contributed by atoms with Gasteiger partial charge in [-0.1, -0.05) is 11.6 Å². The summed E-state index contributed by atoms with van der Waals surface area (Å²) in [5.41, 5.74) is 6.81. The van der Waals surface area contributed by atoms with Crippen molar-refractivity contribution in [2.24, 2.45) is 0 Å².